The van der Waals surface area contributed by atoms with Gasteiger partial charge in [-0.2, -0.15) is 0 Å². The summed E-state index contributed by atoms with van der Waals surface area (Å²) >= 11 is 1.80. The summed E-state index contributed by atoms with van der Waals surface area (Å²) in [5.74, 6) is 1.07. The van der Waals surface area contributed by atoms with Crippen molar-refractivity contribution in [1.82, 2.24) is 4.90 Å². The van der Waals surface area contributed by atoms with Crippen LogP contribution in [0.15, 0.2) is 47.1 Å². The minimum atomic E-state index is -0.341. The molecule has 2 atom stereocenters. The van der Waals surface area contributed by atoms with Gasteiger partial charge in [-0.3, -0.25) is 9.59 Å². The fraction of sp³-hybridized carbons (Fsp3) is 0.400. The molecule has 3 heterocycles. The number of halogens is 1. The first-order valence-electron chi connectivity index (χ1n) is 9.11. The minimum absolute atomic E-state index is 0.0358. The normalized spacial score (nSPS) is 23.5. The van der Waals surface area contributed by atoms with Gasteiger partial charge in [0.15, 0.2) is 0 Å². The average molecular weight is 388 g/mol. The maximum Gasteiger partial charge on any atom is 0.228 e. The van der Waals surface area contributed by atoms with Crippen LogP contribution in [0.2, 0.25) is 0 Å². The van der Waals surface area contributed by atoms with E-state index in [1.165, 1.54) is 12.1 Å². The fourth-order valence-electron chi connectivity index (χ4n) is 3.69. The number of carbonyl (C=O) groups is 2. The number of furan rings is 1. The van der Waals surface area contributed by atoms with Gasteiger partial charge in [-0.25, -0.2) is 4.39 Å². The highest BCUT2D eigenvalue weighted by Gasteiger charge is 2.37. The lowest BCUT2D eigenvalue weighted by Gasteiger charge is -2.24. The largest absolute Gasteiger partial charge is 0.468 e. The van der Waals surface area contributed by atoms with Gasteiger partial charge in [0, 0.05) is 37.5 Å². The molecule has 2 aliphatic heterocycles. The molecule has 7 heteroatoms. The van der Waals surface area contributed by atoms with Crippen LogP contribution < -0.4 is 4.90 Å². The van der Waals surface area contributed by atoms with Crippen molar-refractivity contribution >= 4 is 29.3 Å². The number of amides is 2. The molecule has 2 fully saturated rings. The topological polar surface area (TPSA) is 53.8 Å². The quantitative estimate of drug-likeness (QED) is 0.808. The number of benzene rings is 1. The molecule has 2 aromatic rings. The summed E-state index contributed by atoms with van der Waals surface area (Å²) in [6.45, 7) is 1.70. The first kappa shape index (κ1) is 18.1. The molecule has 1 aromatic carbocycles. The molecule has 142 valence electrons. The molecule has 2 unspecified atom stereocenters. The van der Waals surface area contributed by atoms with Gasteiger partial charge in [-0.05, 0) is 42.8 Å². The van der Waals surface area contributed by atoms with Crippen molar-refractivity contribution in [2.45, 2.75) is 18.1 Å². The van der Waals surface area contributed by atoms with Gasteiger partial charge in [0.05, 0.1) is 17.4 Å². The van der Waals surface area contributed by atoms with E-state index in [0.717, 1.165) is 17.9 Å². The molecule has 27 heavy (non-hydrogen) atoms. The van der Waals surface area contributed by atoms with Gasteiger partial charge < -0.3 is 14.2 Å². The molecule has 2 aliphatic rings. The molecule has 0 bridgehead atoms. The lowest BCUT2D eigenvalue weighted by Crippen LogP contribution is -2.38. The third-order valence-corrected chi connectivity index (χ3v) is 6.41. The van der Waals surface area contributed by atoms with Crippen molar-refractivity contribution in [2.24, 2.45) is 5.92 Å². The van der Waals surface area contributed by atoms with Crippen LogP contribution in [-0.2, 0) is 9.59 Å². The van der Waals surface area contributed by atoms with E-state index >= 15 is 0 Å². The number of hydrogen-bond donors (Lipinski definition) is 0. The molecule has 5 nitrogen and oxygen atoms in total. The van der Waals surface area contributed by atoms with Crippen LogP contribution in [0.1, 0.15) is 23.9 Å². The molecular formula is C20H21FN2O3S. The second kappa shape index (κ2) is 7.76. The van der Waals surface area contributed by atoms with Crippen LogP contribution in [-0.4, -0.2) is 42.1 Å². The zero-order chi connectivity index (χ0) is 18.8. The van der Waals surface area contributed by atoms with E-state index in [1.54, 1.807) is 35.1 Å². The third-order valence-electron chi connectivity index (χ3n) is 5.13. The van der Waals surface area contributed by atoms with Crippen molar-refractivity contribution in [3.8, 4) is 0 Å². The zero-order valence-electron chi connectivity index (χ0n) is 14.8. The second-order valence-electron chi connectivity index (χ2n) is 6.87. The number of hydrogen-bond acceptors (Lipinski definition) is 4. The van der Waals surface area contributed by atoms with E-state index in [1.807, 2.05) is 17.0 Å². The van der Waals surface area contributed by atoms with Gasteiger partial charge in [0.25, 0.3) is 0 Å². The number of rotatable bonds is 3. The van der Waals surface area contributed by atoms with Crippen molar-refractivity contribution < 1.29 is 18.4 Å². The van der Waals surface area contributed by atoms with Crippen LogP contribution in [0.5, 0.6) is 0 Å². The van der Waals surface area contributed by atoms with Crippen LogP contribution in [0.3, 0.4) is 0 Å². The predicted octanol–water partition coefficient (Wildman–Crippen LogP) is 3.48. The standard InChI is InChI=1S/C20H21FN2O3S/c21-15-3-5-16(6-4-15)23-13-14(12-19(23)24)20(25)22-8-7-18(27-11-9-22)17-2-1-10-26-17/h1-6,10,14,18H,7-9,11-13H2. The highest BCUT2D eigenvalue weighted by atomic mass is 32.2. The maximum absolute atomic E-state index is 13.1. The molecule has 1 aromatic heterocycles. The van der Waals surface area contributed by atoms with Gasteiger partial charge >= 0.3 is 0 Å². The first-order chi connectivity index (χ1) is 13.1. The SMILES string of the molecule is O=C(C1CC(=O)N(c2ccc(F)cc2)C1)N1CCSC(c2ccco2)CC1. The molecule has 0 spiro atoms. The Morgan fingerprint density at radius 3 is 2.74 bits per heavy atom. The number of thioether (sulfide) groups is 1. The Kier molecular flexibility index (Phi) is 5.20. The van der Waals surface area contributed by atoms with E-state index < -0.39 is 0 Å². The van der Waals surface area contributed by atoms with Crippen molar-refractivity contribution in [2.75, 3.05) is 30.3 Å². The van der Waals surface area contributed by atoms with Crippen molar-refractivity contribution in [3.05, 3.63) is 54.2 Å². The van der Waals surface area contributed by atoms with Gasteiger partial charge in [-0.15, -0.1) is 11.8 Å². The molecule has 0 saturated carbocycles. The van der Waals surface area contributed by atoms with E-state index in [-0.39, 0.29) is 35.2 Å². The molecule has 2 saturated heterocycles. The Bertz CT molecular complexity index is 809. The minimum Gasteiger partial charge on any atom is -0.468 e. The van der Waals surface area contributed by atoms with E-state index in [0.29, 0.717) is 25.3 Å². The summed E-state index contributed by atoms with van der Waals surface area (Å²) in [7, 11) is 0. The maximum atomic E-state index is 13.1. The molecule has 0 N–H and O–H groups in total. The molecule has 0 aliphatic carbocycles. The van der Waals surface area contributed by atoms with Crippen LogP contribution in [0, 0.1) is 11.7 Å². The van der Waals surface area contributed by atoms with Crippen molar-refractivity contribution in [3.63, 3.8) is 0 Å². The van der Waals surface area contributed by atoms with Crippen molar-refractivity contribution in [1.29, 1.82) is 0 Å². The number of anilines is 1. The summed E-state index contributed by atoms with van der Waals surface area (Å²) < 4.78 is 18.6. The highest BCUT2D eigenvalue weighted by Crippen LogP contribution is 2.35. The lowest BCUT2D eigenvalue weighted by molar-refractivity contribution is -0.135. The Morgan fingerprint density at radius 2 is 2.00 bits per heavy atom. The van der Waals surface area contributed by atoms with E-state index in [2.05, 4.69) is 0 Å². The Morgan fingerprint density at radius 1 is 1.19 bits per heavy atom. The Balaban J connectivity index is 1.39. The van der Waals surface area contributed by atoms with Crippen LogP contribution in [0.25, 0.3) is 0 Å². The highest BCUT2D eigenvalue weighted by molar-refractivity contribution is 7.99. The smallest absolute Gasteiger partial charge is 0.228 e. The fourth-order valence-corrected chi connectivity index (χ4v) is 4.88. The van der Waals surface area contributed by atoms with Gasteiger partial charge in [0.1, 0.15) is 11.6 Å². The monoisotopic (exact) mass is 388 g/mol. The summed E-state index contributed by atoms with van der Waals surface area (Å²) in [4.78, 5) is 28.8. The zero-order valence-corrected chi connectivity index (χ0v) is 15.7. The lowest BCUT2D eigenvalue weighted by atomic mass is 10.1. The summed E-state index contributed by atoms with van der Waals surface area (Å²) in [5, 5.41) is 0.263. The summed E-state index contributed by atoms with van der Waals surface area (Å²) in [6, 6.07) is 9.69. The third kappa shape index (κ3) is 3.88. The molecule has 0 radical (unpaired) electrons. The van der Waals surface area contributed by atoms with Gasteiger partial charge in [-0.1, -0.05) is 0 Å². The summed E-state index contributed by atoms with van der Waals surface area (Å²) in [6.07, 6.45) is 2.73. The molecular weight excluding hydrogens is 367 g/mol. The Labute approximate surface area is 161 Å². The van der Waals surface area contributed by atoms with Crippen LogP contribution >= 0.6 is 11.8 Å². The Hall–Kier alpha value is -2.28. The van der Waals surface area contributed by atoms with Crippen LogP contribution in [0.4, 0.5) is 10.1 Å². The first-order valence-corrected chi connectivity index (χ1v) is 10.2. The van der Waals surface area contributed by atoms with E-state index in [4.69, 9.17) is 4.42 Å². The number of carbonyl (C=O) groups excluding carboxylic acids is 2. The average Bonchev–Trinajstić information content (AvgIpc) is 3.27. The molecule has 2 amide bonds. The van der Waals surface area contributed by atoms with Gasteiger partial charge in [0.2, 0.25) is 11.8 Å². The summed E-state index contributed by atoms with van der Waals surface area (Å²) in [5.41, 5.74) is 0.640. The van der Waals surface area contributed by atoms with E-state index in [9.17, 15) is 14.0 Å². The predicted molar refractivity (Wildman–Crippen MR) is 102 cm³/mol. The molecule has 4 rings (SSSR count). The number of nitrogens with zero attached hydrogens (tertiary/aromatic N) is 2. The second-order valence-corrected chi connectivity index (χ2v) is 8.18.